The Hall–Kier alpha value is -0.380. The second-order valence-corrected chi connectivity index (χ2v) is 9.57. The van der Waals surface area contributed by atoms with Gasteiger partial charge in [0.15, 0.2) is 0 Å². The molecule has 3 saturated carbocycles. The van der Waals surface area contributed by atoms with Crippen LogP contribution in [0.3, 0.4) is 0 Å². The largest absolute Gasteiger partial charge is 0.353 e. The highest BCUT2D eigenvalue weighted by molar-refractivity contribution is 7.85. The molecule has 0 aliphatic heterocycles. The number of nitrogens with one attached hydrogen (secondary N) is 1. The van der Waals surface area contributed by atoms with E-state index < -0.39 is 10.8 Å². The highest BCUT2D eigenvalue weighted by atomic mass is 32.2. The van der Waals surface area contributed by atoms with Gasteiger partial charge in [-0.3, -0.25) is 9.00 Å². The van der Waals surface area contributed by atoms with Crippen molar-refractivity contribution in [3.63, 3.8) is 0 Å². The van der Waals surface area contributed by atoms with Gasteiger partial charge in [-0.15, -0.1) is 0 Å². The van der Waals surface area contributed by atoms with E-state index in [1.807, 2.05) is 6.92 Å². The number of hydrogen-bond donors (Lipinski definition) is 1. The summed E-state index contributed by atoms with van der Waals surface area (Å²) in [6.07, 6.45) is 12.1. The normalized spacial score (nSPS) is 37.5. The molecule has 3 fully saturated rings. The summed E-state index contributed by atoms with van der Waals surface area (Å²) in [4.78, 5) is 12.5. The molecule has 0 aromatic carbocycles. The fraction of sp³-hybridized carbons (Fsp3) is 0.944. The Morgan fingerprint density at radius 1 is 1.05 bits per heavy atom. The predicted octanol–water partition coefficient (Wildman–Crippen LogP) is 3.40. The van der Waals surface area contributed by atoms with E-state index in [1.54, 1.807) is 0 Å². The van der Waals surface area contributed by atoms with Crippen molar-refractivity contribution in [2.45, 2.75) is 82.4 Å². The summed E-state index contributed by atoms with van der Waals surface area (Å²) in [5.74, 6) is 2.82. The number of carbonyl (C=O) groups excluding carboxylic acids is 1. The van der Waals surface area contributed by atoms with Gasteiger partial charge in [-0.05, 0) is 37.5 Å². The van der Waals surface area contributed by atoms with Gasteiger partial charge in [0, 0.05) is 33.8 Å². The molecule has 3 aliphatic carbocycles. The molecule has 0 spiro atoms. The molecule has 22 heavy (non-hydrogen) atoms. The van der Waals surface area contributed by atoms with Crippen molar-refractivity contribution in [2.75, 3.05) is 5.75 Å². The van der Waals surface area contributed by atoms with Crippen LogP contribution in [-0.4, -0.2) is 27.2 Å². The summed E-state index contributed by atoms with van der Waals surface area (Å²) in [6, 6.07) is 0.273. The highest BCUT2D eigenvalue weighted by Gasteiger charge is 2.47. The molecule has 1 N–H and O–H groups in total. The molecule has 3 aliphatic rings. The molecule has 0 heterocycles. The van der Waals surface area contributed by atoms with Crippen LogP contribution >= 0.6 is 0 Å². The van der Waals surface area contributed by atoms with Crippen LogP contribution in [0, 0.1) is 17.8 Å². The van der Waals surface area contributed by atoms with Crippen LogP contribution in [0.15, 0.2) is 0 Å². The Morgan fingerprint density at radius 3 is 2.55 bits per heavy atom. The van der Waals surface area contributed by atoms with Crippen molar-refractivity contribution >= 4 is 16.7 Å². The predicted molar refractivity (Wildman–Crippen MR) is 91.0 cm³/mol. The van der Waals surface area contributed by atoms with Crippen molar-refractivity contribution < 1.29 is 9.00 Å². The number of carbonyl (C=O) groups is 1. The van der Waals surface area contributed by atoms with E-state index >= 15 is 0 Å². The zero-order chi connectivity index (χ0) is 15.5. The fourth-order valence-electron chi connectivity index (χ4n) is 4.66. The lowest BCUT2D eigenvalue weighted by Gasteiger charge is -2.29. The van der Waals surface area contributed by atoms with Gasteiger partial charge in [-0.1, -0.05) is 45.4 Å². The van der Waals surface area contributed by atoms with Crippen LogP contribution in [-0.2, 0) is 15.6 Å². The average molecular weight is 326 g/mol. The summed E-state index contributed by atoms with van der Waals surface area (Å²) < 4.78 is 12.0. The third-order valence-corrected chi connectivity index (χ3v) is 7.80. The maximum Gasteiger partial charge on any atom is 0.223 e. The van der Waals surface area contributed by atoms with Crippen LogP contribution in [0.4, 0.5) is 0 Å². The minimum Gasteiger partial charge on any atom is -0.353 e. The minimum absolute atomic E-state index is 0.273. The van der Waals surface area contributed by atoms with Crippen LogP contribution in [0.1, 0.15) is 71.1 Å². The second-order valence-electron chi connectivity index (χ2n) is 7.57. The fourth-order valence-corrected chi connectivity index (χ4v) is 6.01. The van der Waals surface area contributed by atoms with Crippen molar-refractivity contribution in [1.82, 2.24) is 5.32 Å². The Bertz CT molecular complexity index is 419. The first-order valence-corrected chi connectivity index (χ1v) is 10.7. The van der Waals surface area contributed by atoms with Crippen LogP contribution in [0.2, 0.25) is 0 Å². The summed E-state index contributed by atoms with van der Waals surface area (Å²) in [5.41, 5.74) is 0. The molecule has 3 nitrogen and oxygen atoms in total. The average Bonchev–Trinajstić information content (AvgIpc) is 3.36. The van der Waals surface area contributed by atoms with E-state index in [2.05, 4.69) is 5.32 Å². The highest BCUT2D eigenvalue weighted by Crippen LogP contribution is 2.49. The molecule has 126 valence electrons. The van der Waals surface area contributed by atoms with Gasteiger partial charge >= 0.3 is 0 Å². The van der Waals surface area contributed by atoms with E-state index in [9.17, 15) is 9.00 Å². The Labute approximate surface area is 137 Å². The molecule has 5 unspecified atom stereocenters. The van der Waals surface area contributed by atoms with Gasteiger partial charge in [0.25, 0.3) is 0 Å². The summed E-state index contributed by atoms with van der Waals surface area (Å²) in [6.45, 7) is 2.00. The molecular weight excluding hydrogens is 294 g/mol. The lowest BCUT2D eigenvalue weighted by molar-refractivity contribution is -0.123. The lowest BCUT2D eigenvalue weighted by atomic mass is 9.85. The first kappa shape index (κ1) is 16.5. The van der Waals surface area contributed by atoms with Crippen molar-refractivity contribution in [1.29, 1.82) is 0 Å². The number of hydrogen-bond acceptors (Lipinski definition) is 2. The Balaban J connectivity index is 1.45. The number of amides is 1. The van der Waals surface area contributed by atoms with Crippen LogP contribution in [0.5, 0.6) is 0 Å². The molecule has 0 saturated heterocycles. The first-order chi connectivity index (χ1) is 10.7. The van der Waals surface area contributed by atoms with E-state index in [1.165, 1.54) is 32.1 Å². The summed E-state index contributed by atoms with van der Waals surface area (Å²) in [7, 11) is -0.706. The summed E-state index contributed by atoms with van der Waals surface area (Å²) >= 11 is 0. The molecule has 5 atom stereocenters. The lowest BCUT2D eigenvalue weighted by Crippen LogP contribution is -2.42. The zero-order valence-corrected chi connectivity index (χ0v) is 14.7. The third kappa shape index (κ3) is 3.93. The van der Waals surface area contributed by atoms with Gasteiger partial charge in [0.1, 0.15) is 0 Å². The molecule has 0 radical (unpaired) electrons. The standard InChI is InChI=1S/C18H31NO2S/c1-2-22(21)15-10-6-9-14(11-15)19-18(20)17-12-16(17)13-7-4-3-5-8-13/h13-17H,2-12H2,1H3,(H,19,20). The van der Waals surface area contributed by atoms with E-state index in [0.29, 0.717) is 23.0 Å². The maximum atomic E-state index is 12.5. The Morgan fingerprint density at radius 2 is 1.82 bits per heavy atom. The first-order valence-electron chi connectivity index (χ1n) is 9.36. The van der Waals surface area contributed by atoms with Crippen LogP contribution in [0.25, 0.3) is 0 Å². The topological polar surface area (TPSA) is 46.2 Å². The number of rotatable bonds is 5. The van der Waals surface area contributed by atoms with E-state index in [-0.39, 0.29) is 6.04 Å². The van der Waals surface area contributed by atoms with E-state index in [4.69, 9.17) is 0 Å². The molecule has 0 aromatic rings. The summed E-state index contributed by atoms with van der Waals surface area (Å²) in [5, 5.41) is 3.59. The second kappa shape index (κ2) is 7.46. The maximum absolute atomic E-state index is 12.5. The molecule has 3 rings (SSSR count). The van der Waals surface area contributed by atoms with Gasteiger partial charge in [-0.2, -0.15) is 0 Å². The minimum atomic E-state index is -0.706. The quantitative estimate of drug-likeness (QED) is 0.842. The van der Waals surface area contributed by atoms with Crippen molar-refractivity contribution in [2.24, 2.45) is 17.8 Å². The van der Waals surface area contributed by atoms with Crippen LogP contribution < -0.4 is 5.32 Å². The molecular formula is C18H31NO2S. The van der Waals surface area contributed by atoms with E-state index in [0.717, 1.165) is 43.8 Å². The van der Waals surface area contributed by atoms with Gasteiger partial charge in [0.2, 0.25) is 5.91 Å². The van der Waals surface area contributed by atoms with Gasteiger partial charge in [-0.25, -0.2) is 0 Å². The van der Waals surface area contributed by atoms with Crippen molar-refractivity contribution in [3.8, 4) is 0 Å². The molecule has 1 amide bonds. The zero-order valence-electron chi connectivity index (χ0n) is 13.9. The molecule has 4 heteroatoms. The monoisotopic (exact) mass is 325 g/mol. The third-order valence-electron chi connectivity index (χ3n) is 6.06. The van der Waals surface area contributed by atoms with Gasteiger partial charge in [0.05, 0.1) is 0 Å². The smallest absolute Gasteiger partial charge is 0.223 e. The molecule has 0 bridgehead atoms. The molecule has 0 aromatic heterocycles. The Kier molecular flexibility index (Phi) is 5.59. The SMILES string of the molecule is CCS(=O)C1CCCC(NC(=O)C2CC2C2CCCCC2)C1. The van der Waals surface area contributed by atoms with Crippen molar-refractivity contribution in [3.05, 3.63) is 0 Å². The van der Waals surface area contributed by atoms with Gasteiger partial charge < -0.3 is 5.32 Å².